The third kappa shape index (κ3) is 3.53. The summed E-state index contributed by atoms with van der Waals surface area (Å²) in [6.07, 6.45) is 4.93. The minimum atomic E-state index is -0.154. The number of nitrogens with zero attached hydrogens (tertiary/aromatic N) is 1. The zero-order valence-corrected chi connectivity index (χ0v) is 18.5. The number of hydrogen-bond donors (Lipinski definition) is 1. The van der Waals surface area contributed by atoms with Gasteiger partial charge in [0.15, 0.2) is 0 Å². The van der Waals surface area contributed by atoms with Gasteiger partial charge in [-0.25, -0.2) is 4.98 Å². The van der Waals surface area contributed by atoms with Gasteiger partial charge in [0.05, 0.1) is 17.5 Å². The first-order chi connectivity index (χ1) is 14.1. The fourth-order valence-electron chi connectivity index (χ4n) is 4.25. The number of hydrogen-bond acceptors (Lipinski definition) is 4. The molecule has 1 aliphatic rings. The summed E-state index contributed by atoms with van der Waals surface area (Å²) in [5.74, 6) is 1.25. The smallest absolute Gasteiger partial charge is 0.258 e. The van der Waals surface area contributed by atoms with Gasteiger partial charge in [-0.15, -0.1) is 23.7 Å². The summed E-state index contributed by atoms with van der Waals surface area (Å²) < 4.78 is 5.80. The highest BCUT2D eigenvalue weighted by molar-refractivity contribution is 7.19. The standard InChI is InChI=1S/C24H22N2O2S.ClH/c1-14-10-11-17-19(13-14)29-24-21(17)22(18-9-6-12-28-18)20(15(2)25-24)23(27)26-16-7-4-3-5-8-16;/h3-9,12,14H,10-11,13H2,1-2H3,(H,26,27);1H. The first kappa shape index (κ1) is 20.6. The van der Waals surface area contributed by atoms with Crippen LogP contribution >= 0.6 is 23.7 Å². The number of fused-ring (bicyclic) bond motifs is 3. The Hall–Kier alpha value is -2.63. The molecule has 1 unspecified atom stereocenters. The maximum absolute atomic E-state index is 13.3. The van der Waals surface area contributed by atoms with E-state index in [1.807, 2.05) is 49.4 Å². The molecule has 4 aromatic rings. The molecule has 0 saturated heterocycles. The molecule has 0 aliphatic heterocycles. The highest BCUT2D eigenvalue weighted by Crippen LogP contribution is 2.44. The van der Waals surface area contributed by atoms with Crippen molar-refractivity contribution in [2.75, 3.05) is 5.32 Å². The molecule has 5 rings (SSSR count). The van der Waals surface area contributed by atoms with Gasteiger partial charge in [0.1, 0.15) is 10.6 Å². The van der Waals surface area contributed by atoms with E-state index in [9.17, 15) is 4.79 Å². The van der Waals surface area contributed by atoms with Gasteiger partial charge in [-0.2, -0.15) is 0 Å². The topological polar surface area (TPSA) is 55.1 Å². The number of carbonyl (C=O) groups is 1. The molecule has 0 fully saturated rings. The fraction of sp³-hybridized carbons (Fsp3) is 0.250. The van der Waals surface area contributed by atoms with E-state index in [2.05, 4.69) is 12.2 Å². The molecule has 0 bridgehead atoms. The molecular formula is C24H23ClN2O2S. The van der Waals surface area contributed by atoms with Gasteiger partial charge in [-0.1, -0.05) is 25.1 Å². The molecule has 0 spiro atoms. The third-order valence-electron chi connectivity index (χ3n) is 5.65. The lowest BCUT2D eigenvalue weighted by Crippen LogP contribution is -2.16. The largest absolute Gasteiger partial charge is 0.464 e. The Morgan fingerprint density at radius 3 is 2.73 bits per heavy atom. The molecule has 154 valence electrons. The highest BCUT2D eigenvalue weighted by atomic mass is 35.5. The van der Waals surface area contributed by atoms with E-state index in [1.54, 1.807) is 17.6 Å². The molecule has 1 N–H and O–H groups in total. The molecule has 1 aromatic carbocycles. The van der Waals surface area contributed by atoms with Crippen LogP contribution in [0.5, 0.6) is 0 Å². The number of halogens is 1. The average molecular weight is 439 g/mol. The van der Waals surface area contributed by atoms with Crippen LogP contribution in [-0.2, 0) is 12.8 Å². The minimum absolute atomic E-state index is 0. The number of furan rings is 1. The zero-order chi connectivity index (χ0) is 20.0. The second kappa shape index (κ2) is 8.25. The summed E-state index contributed by atoms with van der Waals surface area (Å²) in [5, 5.41) is 4.12. The van der Waals surface area contributed by atoms with Crippen molar-refractivity contribution < 1.29 is 9.21 Å². The maximum Gasteiger partial charge on any atom is 0.258 e. The predicted octanol–water partition coefficient (Wildman–Crippen LogP) is 6.66. The van der Waals surface area contributed by atoms with E-state index >= 15 is 0 Å². The number of carbonyl (C=O) groups excluding carboxylic acids is 1. The van der Waals surface area contributed by atoms with Gasteiger partial charge in [0.25, 0.3) is 5.91 Å². The van der Waals surface area contributed by atoms with Gasteiger partial charge in [-0.3, -0.25) is 4.79 Å². The summed E-state index contributed by atoms with van der Waals surface area (Å²) in [5.41, 5.74) is 4.30. The molecule has 1 amide bonds. The first-order valence-electron chi connectivity index (χ1n) is 9.97. The number of anilines is 1. The number of amides is 1. The summed E-state index contributed by atoms with van der Waals surface area (Å²) in [6, 6.07) is 13.3. The number of rotatable bonds is 3. The van der Waals surface area contributed by atoms with E-state index in [0.29, 0.717) is 11.5 Å². The van der Waals surface area contributed by atoms with Gasteiger partial charge >= 0.3 is 0 Å². The van der Waals surface area contributed by atoms with E-state index in [4.69, 9.17) is 9.40 Å². The van der Waals surface area contributed by atoms with Crippen molar-refractivity contribution in [3.8, 4) is 11.3 Å². The van der Waals surface area contributed by atoms with Crippen LogP contribution in [-0.4, -0.2) is 10.9 Å². The number of aromatic nitrogens is 1. The van der Waals surface area contributed by atoms with E-state index in [1.165, 1.54) is 10.4 Å². The molecule has 0 saturated carbocycles. The van der Waals surface area contributed by atoms with Gasteiger partial charge < -0.3 is 9.73 Å². The number of aryl methyl sites for hydroxylation is 2. The number of pyridine rings is 1. The molecule has 0 radical (unpaired) electrons. The second-order valence-electron chi connectivity index (χ2n) is 7.78. The Kier molecular flexibility index (Phi) is 5.67. The molecule has 30 heavy (non-hydrogen) atoms. The molecule has 3 heterocycles. The Balaban J connectivity index is 0.00000218. The van der Waals surface area contributed by atoms with Gasteiger partial charge in [0, 0.05) is 21.5 Å². The molecule has 1 atom stereocenters. The molecular weight excluding hydrogens is 416 g/mol. The van der Waals surface area contributed by atoms with Crippen LogP contribution in [0.3, 0.4) is 0 Å². The fourth-order valence-corrected chi connectivity index (χ4v) is 5.69. The third-order valence-corrected chi connectivity index (χ3v) is 6.80. The lowest BCUT2D eigenvalue weighted by atomic mass is 9.87. The van der Waals surface area contributed by atoms with Gasteiger partial charge in [0.2, 0.25) is 0 Å². The molecule has 3 aromatic heterocycles. The summed E-state index contributed by atoms with van der Waals surface area (Å²) in [4.78, 5) is 20.6. The van der Waals surface area contributed by atoms with Crippen molar-refractivity contribution in [2.24, 2.45) is 5.92 Å². The normalized spacial score (nSPS) is 15.5. The van der Waals surface area contributed by atoms with Crippen LogP contribution in [0.4, 0.5) is 5.69 Å². The monoisotopic (exact) mass is 438 g/mol. The number of benzene rings is 1. The quantitative estimate of drug-likeness (QED) is 0.389. The summed E-state index contributed by atoms with van der Waals surface area (Å²) in [7, 11) is 0. The average Bonchev–Trinajstić information content (AvgIpc) is 3.34. The van der Waals surface area contributed by atoms with Crippen LogP contribution in [0.25, 0.3) is 21.5 Å². The van der Waals surface area contributed by atoms with Crippen LogP contribution in [0.15, 0.2) is 53.1 Å². The molecule has 6 heteroatoms. The first-order valence-corrected chi connectivity index (χ1v) is 10.8. The number of thiophene rings is 1. The lowest BCUT2D eigenvalue weighted by molar-refractivity contribution is 0.102. The SMILES string of the molecule is Cc1nc2sc3c(c2c(-c2ccco2)c1C(=O)Nc1ccccc1)CCC(C)C3.Cl. The summed E-state index contributed by atoms with van der Waals surface area (Å²) >= 11 is 1.77. The number of para-hydroxylation sites is 1. The zero-order valence-electron chi connectivity index (χ0n) is 16.9. The Labute approximate surface area is 185 Å². The van der Waals surface area contributed by atoms with E-state index in [0.717, 1.165) is 52.2 Å². The molecule has 4 nitrogen and oxygen atoms in total. The Bertz CT molecular complexity index is 1200. The Morgan fingerprint density at radius 1 is 1.20 bits per heavy atom. The van der Waals surface area contributed by atoms with Crippen LogP contribution in [0, 0.1) is 12.8 Å². The number of nitrogens with one attached hydrogen (secondary N) is 1. The van der Waals surface area contributed by atoms with Crippen molar-refractivity contribution in [2.45, 2.75) is 33.1 Å². The van der Waals surface area contributed by atoms with Crippen LogP contribution < -0.4 is 5.32 Å². The van der Waals surface area contributed by atoms with Crippen molar-refractivity contribution in [1.82, 2.24) is 4.98 Å². The van der Waals surface area contributed by atoms with Crippen LogP contribution in [0.1, 0.15) is 39.8 Å². The van der Waals surface area contributed by atoms with Crippen molar-refractivity contribution in [3.63, 3.8) is 0 Å². The Morgan fingerprint density at radius 2 is 2.00 bits per heavy atom. The van der Waals surface area contributed by atoms with E-state index < -0.39 is 0 Å². The minimum Gasteiger partial charge on any atom is -0.464 e. The second-order valence-corrected chi connectivity index (χ2v) is 8.86. The summed E-state index contributed by atoms with van der Waals surface area (Å²) in [6.45, 7) is 4.21. The maximum atomic E-state index is 13.3. The van der Waals surface area contributed by atoms with E-state index in [-0.39, 0.29) is 18.3 Å². The highest BCUT2D eigenvalue weighted by Gasteiger charge is 2.28. The molecule has 1 aliphatic carbocycles. The lowest BCUT2D eigenvalue weighted by Gasteiger charge is -2.19. The van der Waals surface area contributed by atoms with Gasteiger partial charge in [-0.05, 0) is 61.9 Å². The van der Waals surface area contributed by atoms with Crippen molar-refractivity contribution in [1.29, 1.82) is 0 Å². The predicted molar refractivity (Wildman–Crippen MR) is 125 cm³/mol. The van der Waals surface area contributed by atoms with Crippen molar-refractivity contribution in [3.05, 3.63) is 70.4 Å². The van der Waals surface area contributed by atoms with Crippen LogP contribution in [0.2, 0.25) is 0 Å². The van der Waals surface area contributed by atoms with Crippen molar-refractivity contribution >= 4 is 45.6 Å².